The van der Waals surface area contributed by atoms with Crippen LogP contribution in [0, 0.1) is 5.82 Å². The summed E-state index contributed by atoms with van der Waals surface area (Å²) in [4.78, 5) is 12.1. The van der Waals surface area contributed by atoms with Crippen LogP contribution in [-0.2, 0) is 4.79 Å². The van der Waals surface area contributed by atoms with Gasteiger partial charge in [0.05, 0.1) is 22.0 Å². The smallest absolute Gasteiger partial charge is 0.243 e. The van der Waals surface area contributed by atoms with Crippen LogP contribution in [0.4, 0.5) is 4.39 Å². The molecule has 2 aromatic carbocycles. The van der Waals surface area contributed by atoms with Gasteiger partial charge >= 0.3 is 0 Å². The van der Waals surface area contributed by atoms with Crippen molar-refractivity contribution in [1.82, 2.24) is 10.9 Å². The maximum atomic E-state index is 14.0. The zero-order valence-corrected chi connectivity index (χ0v) is 12.3. The van der Waals surface area contributed by atoms with Gasteiger partial charge in [0.1, 0.15) is 5.82 Å². The van der Waals surface area contributed by atoms with Crippen molar-refractivity contribution in [2.45, 2.75) is 12.0 Å². The molecule has 1 heterocycles. The summed E-state index contributed by atoms with van der Waals surface area (Å²) in [5.74, 6) is -1.17. The lowest BCUT2D eigenvalue weighted by Gasteiger charge is -2.18. The van der Waals surface area contributed by atoms with Crippen molar-refractivity contribution in [1.29, 1.82) is 0 Å². The molecule has 108 valence electrons. The number of nitrogens with one attached hydrogen (secondary N) is 2. The molecule has 2 N–H and O–H groups in total. The van der Waals surface area contributed by atoms with Gasteiger partial charge in [0.15, 0.2) is 0 Å². The van der Waals surface area contributed by atoms with E-state index in [1.54, 1.807) is 36.4 Å². The lowest BCUT2D eigenvalue weighted by atomic mass is 9.88. The SMILES string of the molecule is O=C1NN[C@@H](c2ccccc2F)[C@@H]1c1ccc(Cl)c(Cl)c1. The predicted octanol–water partition coefficient (Wildman–Crippen LogP) is 3.59. The third-order valence-electron chi connectivity index (χ3n) is 3.51. The summed E-state index contributed by atoms with van der Waals surface area (Å²) in [5.41, 5.74) is 6.48. The molecule has 21 heavy (non-hydrogen) atoms. The molecule has 0 aromatic heterocycles. The van der Waals surface area contributed by atoms with E-state index in [1.165, 1.54) is 6.07 Å². The first kappa shape index (κ1) is 14.3. The number of rotatable bonds is 2. The standard InChI is InChI=1S/C15H11Cl2FN2O/c16-10-6-5-8(7-11(10)17)13-14(19-20-15(13)21)9-3-1-2-4-12(9)18/h1-7,13-14,19H,(H,20,21)/t13-,14-/m0/s1. The van der Waals surface area contributed by atoms with E-state index in [1.807, 2.05) is 0 Å². The Morgan fingerprint density at radius 3 is 2.52 bits per heavy atom. The Morgan fingerprint density at radius 2 is 1.81 bits per heavy atom. The van der Waals surface area contributed by atoms with Crippen LogP contribution in [0.15, 0.2) is 42.5 Å². The second kappa shape index (κ2) is 5.64. The Bertz CT molecular complexity index is 708. The van der Waals surface area contributed by atoms with Gasteiger partial charge in [-0.1, -0.05) is 47.5 Å². The van der Waals surface area contributed by atoms with Crippen LogP contribution in [0.1, 0.15) is 23.1 Å². The summed E-state index contributed by atoms with van der Waals surface area (Å²) >= 11 is 11.9. The number of amides is 1. The minimum absolute atomic E-state index is 0.235. The van der Waals surface area contributed by atoms with Gasteiger partial charge in [-0.2, -0.15) is 0 Å². The predicted molar refractivity (Wildman–Crippen MR) is 79.6 cm³/mol. The topological polar surface area (TPSA) is 41.1 Å². The molecule has 0 spiro atoms. The third-order valence-corrected chi connectivity index (χ3v) is 4.25. The first-order valence-corrected chi connectivity index (χ1v) is 7.08. The van der Waals surface area contributed by atoms with Crippen LogP contribution in [0.2, 0.25) is 10.0 Å². The van der Waals surface area contributed by atoms with Crippen molar-refractivity contribution in [3.05, 3.63) is 69.5 Å². The molecule has 3 rings (SSSR count). The van der Waals surface area contributed by atoms with Gasteiger partial charge in [0.2, 0.25) is 5.91 Å². The summed E-state index contributed by atoms with van der Waals surface area (Å²) < 4.78 is 14.0. The number of hydrazine groups is 1. The quantitative estimate of drug-likeness (QED) is 0.886. The Hall–Kier alpha value is -1.62. The van der Waals surface area contributed by atoms with E-state index < -0.39 is 12.0 Å². The van der Waals surface area contributed by atoms with E-state index >= 15 is 0 Å². The Balaban J connectivity index is 2.04. The maximum absolute atomic E-state index is 14.0. The second-order valence-electron chi connectivity index (χ2n) is 4.78. The fraction of sp³-hybridized carbons (Fsp3) is 0.133. The zero-order chi connectivity index (χ0) is 15.0. The zero-order valence-electron chi connectivity index (χ0n) is 10.7. The highest BCUT2D eigenvalue weighted by molar-refractivity contribution is 6.42. The van der Waals surface area contributed by atoms with Crippen LogP contribution in [0.25, 0.3) is 0 Å². The number of hydrogen-bond acceptors (Lipinski definition) is 2. The molecular weight excluding hydrogens is 314 g/mol. The largest absolute Gasteiger partial charge is 0.290 e. The molecule has 2 atom stereocenters. The van der Waals surface area contributed by atoms with Crippen molar-refractivity contribution in [3.63, 3.8) is 0 Å². The molecule has 6 heteroatoms. The molecular formula is C15H11Cl2FN2O. The highest BCUT2D eigenvalue weighted by Crippen LogP contribution is 2.37. The fourth-order valence-corrected chi connectivity index (χ4v) is 2.80. The average molecular weight is 325 g/mol. The first-order valence-electron chi connectivity index (χ1n) is 6.32. The van der Waals surface area contributed by atoms with Gasteiger partial charge in [-0.05, 0) is 23.8 Å². The van der Waals surface area contributed by atoms with E-state index in [4.69, 9.17) is 23.2 Å². The fourth-order valence-electron chi connectivity index (χ4n) is 2.50. The highest BCUT2D eigenvalue weighted by atomic mass is 35.5. The van der Waals surface area contributed by atoms with Crippen molar-refractivity contribution < 1.29 is 9.18 Å². The van der Waals surface area contributed by atoms with Crippen LogP contribution >= 0.6 is 23.2 Å². The first-order chi connectivity index (χ1) is 10.1. The monoisotopic (exact) mass is 324 g/mol. The summed E-state index contributed by atoms with van der Waals surface area (Å²) in [5, 5.41) is 0.773. The number of carbonyl (C=O) groups excluding carboxylic acids is 1. The molecule has 2 aromatic rings. The van der Waals surface area contributed by atoms with Gasteiger partial charge in [-0.25, -0.2) is 9.82 Å². The number of hydrogen-bond donors (Lipinski definition) is 2. The highest BCUT2D eigenvalue weighted by Gasteiger charge is 2.38. The summed E-state index contributed by atoms with van der Waals surface area (Å²) in [6.07, 6.45) is 0. The second-order valence-corrected chi connectivity index (χ2v) is 5.60. The van der Waals surface area contributed by atoms with Crippen molar-refractivity contribution in [2.75, 3.05) is 0 Å². The van der Waals surface area contributed by atoms with E-state index in [9.17, 15) is 9.18 Å². The van der Waals surface area contributed by atoms with Gasteiger partial charge in [0.25, 0.3) is 0 Å². The molecule has 0 unspecified atom stereocenters. The van der Waals surface area contributed by atoms with E-state index in [0.29, 0.717) is 21.2 Å². The molecule has 3 nitrogen and oxygen atoms in total. The van der Waals surface area contributed by atoms with Crippen molar-refractivity contribution >= 4 is 29.1 Å². The molecule has 0 aliphatic carbocycles. The Labute approximate surface area is 131 Å². The van der Waals surface area contributed by atoms with Crippen molar-refractivity contribution in [2.24, 2.45) is 0 Å². The van der Waals surface area contributed by atoms with E-state index in [2.05, 4.69) is 10.9 Å². The molecule has 1 fully saturated rings. The molecule has 1 aliphatic rings. The summed E-state index contributed by atoms with van der Waals surface area (Å²) in [6.45, 7) is 0. The molecule has 0 saturated carbocycles. The van der Waals surface area contributed by atoms with Gasteiger partial charge < -0.3 is 0 Å². The lowest BCUT2D eigenvalue weighted by molar-refractivity contribution is -0.120. The van der Waals surface area contributed by atoms with Crippen LogP contribution in [0.3, 0.4) is 0 Å². The molecule has 1 saturated heterocycles. The molecule has 1 aliphatic heterocycles. The molecule has 0 bridgehead atoms. The van der Waals surface area contributed by atoms with Crippen molar-refractivity contribution in [3.8, 4) is 0 Å². The maximum Gasteiger partial charge on any atom is 0.243 e. The normalized spacial score (nSPS) is 21.4. The van der Waals surface area contributed by atoms with Gasteiger partial charge in [-0.15, -0.1) is 0 Å². The summed E-state index contributed by atoms with van der Waals surface area (Å²) in [6, 6.07) is 10.8. The number of benzene rings is 2. The minimum atomic E-state index is -0.573. The lowest BCUT2D eigenvalue weighted by Crippen LogP contribution is -2.27. The minimum Gasteiger partial charge on any atom is -0.290 e. The number of carbonyl (C=O) groups is 1. The van der Waals surface area contributed by atoms with Crippen LogP contribution in [0.5, 0.6) is 0 Å². The van der Waals surface area contributed by atoms with Crippen LogP contribution < -0.4 is 10.9 Å². The van der Waals surface area contributed by atoms with E-state index in [0.717, 1.165) is 0 Å². The average Bonchev–Trinajstić information content (AvgIpc) is 2.84. The molecule has 0 radical (unpaired) electrons. The Kier molecular flexibility index (Phi) is 3.85. The Morgan fingerprint density at radius 1 is 1.05 bits per heavy atom. The number of halogens is 3. The van der Waals surface area contributed by atoms with E-state index in [-0.39, 0.29) is 11.7 Å². The molecule has 1 amide bonds. The van der Waals surface area contributed by atoms with Crippen LogP contribution in [-0.4, -0.2) is 5.91 Å². The summed E-state index contributed by atoms with van der Waals surface area (Å²) in [7, 11) is 0. The van der Waals surface area contributed by atoms with Gasteiger partial charge in [0, 0.05) is 5.56 Å². The van der Waals surface area contributed by atoms with Gasteiger partial charge in [-0.3, -0.25) is 10.2 Å². The third kappa shape index (κ3) is 2.62.